The summed E-state index contributed by atoms with van der Waals surface area (Å²) >= 11 is 0. The molecular weight excluding hydrogens is 236 g/mol. The van der Waals surface area contributed by atoms with E-state index in [1.165, 1.54) is 25.7 Å². The molecule has 1 aromatic heterocycles. The molecule has 106 valence electrons. The van der Waals surface area contributed by atoms with Gasteiger partial charge in [0.25, 0.3) is 0 Å². The van der Waals surface area contributed by atoms with Gasteiger partial charge in [-0.05, 0) is 30.7 Å². The van der Waals surface area contributed by atoms with Crippen molar-refractivity contribution in [3.63, 3.8) is 0 Å². The lowest BCUT2D eigenvalue weighted by Crippen LogP contribution is -2.35. The van der Waals surface area contributed by atoms with Crippen molar-refractivity contribution in [2.45, 2.75) is 45.6 Å². The summed E-state index contributed by atoms with van der Waals surface area (Å²) in [5, 5.41) is 3.63. The van der Waals surface area contributed by atoms with Gasteiger partial charge in [-0.25, -0.2) is 4.98 Å². The van der Waals surface area contributed by atoms with Crippen molar-refractivity contribution >= 4 is 11.8 Å². The van der Waals surface area contributed by atoms with Gasteiger partial charge in [0, 0.05) is 26.3 Å². The van der Waals surface area contributed by atoms with E-state index in [-0.39, 0.29) is 0 Å². The molecule has 0 radical (unpaired) electrons. The predicted molar refractivity (Wildman–Crippen MR) is 80.6 cm³/mol. The van der Waals surface area contributed by atoms with Gasteiger partial charge in [0.1, 0.15) is 5.82 Å². The summed E-state index contributed by atoms with van der Waals surface area (Å²) in [6, 6.07) is 2.53. The summed E-state index contributed by atoms with van der Waals surface area (Å²) in [7, 11) is 3.94. The first kappa shape index (κ1) is 14.1. The summed E-state index contributed by atoms with van der Waals surface area (Å²) in [6.07, 6.45) is 7.11. The van der Waals surface area contributed by atoms with Gasteiger partial charge < -0.3 is 10.2 Å². The lowest BCUT2D eigenvalue weighted by Gasteiger charge is -2.35. The van der Waals surface area contributed by atoms with Gasteiger partial charge in [-0.1, -0.05) is 26.7 Å². The third kappa shape index (κ3) is 3.58. The van der Waals surface area contributed by atoms with Crippen LogP contribution in [0.2, 0.25) is 0 Å². The number of anilines is 2. The van der Waals surface area contributed by atoms with Gasteiger partial charge in [0.2, 0.25) is 5.95 Å². The van der Waals surface area contributed by atoms with Crippen LogP contribution < -0.4 is 10.2 Å². The van der Waals surface area contributed by atoms with E-state index >= 15 is 0 Å². The molecule has 1 fully saturated rings. The van der Waals surface area contributed by atoms with Gasteiger partial charge >= 0.3 is 0 Å². The van der Waals surface area contributed by atoms with E-state index in [1.54, 1.807) is 0 Å². The van der Waals surface area contributed by atoms with Crippen LogP contribution >= 0.6 is 0 Å². The molecule has 2 unspecified atom stereocenters. The molecular formula is C15H26N4. The molecule has 1 aromatic rings. The second-order valence-electron chi connectivity index (χ2n) is 6.08. The van der Waals surface area contributed by atoms with E-state index in [9.17, 15) is 0 Å². The predicted octanol–water partition coefficient (Wildman–Crippen LogP) is 3.17. The molecule has 0 aliphatic heterocycles. The summed E-state index contributed by atoms with van der Waals surface area (Å²) in [4.78, 5) is 10.8. The second-order valence-corrected chi connectivity index (χ2v) is 6.08. The van der Waals surface area contributed by atoms with Crippen molar-refractivity contribution < 1.29 is 0 Å². The third-order valence-corrected chi connectivity index (χ3v) is 4.05. The fraction of sp³-hybridized carbons (Fsp3) is 0.733. The smallest absolute Gasteiger partial charge is 0.226 e. The Labute approximate surface area is 116 Å². The quantitative estimate of drug-likeness (QED) is 0.905. The zero-order valence-corrected chi connectivity index (χ0v) is 12.6. The number of hydrogen-bond donors (Lipinski definition) is 1. The van der Waals surface area contributed by atoms with Crippen molar-refractivity contribution in [2.75, 3.05) is 24.3 Å². The Kier molecular flexibility index (Phi) is 4.61. The fourth-order valence-electron chi connectivity index (χ4n) is 2.97. The fourth-order valence-corrected chi connectivity index (χ4v) is 2.97. The van der Waals surface area contributed by atoms with E-state index in [2.05, 4.69) is 29.1 Å². The van der Waals surface area contributed by atoms with Crippen LogP contribution in [0.3, 0.4) is 0 Å². The van der Waals surface area contributed by atoms with Crippen molar-refractivity contribution in [1.82, 2.24) is 9.97 Å². The van der Waals surface area contributed by atoms with Crippen LogP contribution in [0, 0.1) is 11.8 Å². The minimum atomic E-state index is 0.554. The highest BCUT2D eigenvalue weighted by Gasteiger charge is 2.27. The molecule has 0 saturated heterocycles. The Morgan fingerprint density at radius 2 is 2.00 bits per heavy atom. The lowest BCUT2D eigenvalue weighted by atomic mass is 9.78. The Morgan fingerprint density at radius 3 is 2.68 bits per heavy atom. The molecule has 1 N–H and O–H groups in total. The van der Waals surface area contributed by atoms with Crippen molar-refractivity contribution in [3.05, 3.63) is 12.3 Å². The first-order chi connectivity index (χ1) is 9.08. The number of nitrogens with zero attached hydrogens (tertiary/aromatic N) is 3. The molecule has 0 spiro atoms. The van der Waals surface area contributed by atoms with Gasteiger partial charge in [0.15, 0.2) is 0 Å². The van der Waals surface area contributed by atoms with Crippen molar-refractivity contribution in [2.24, 2.45) is 11.8 Å². The monoisotopic (exact) mass is 262 g/mol. The molecule has 4 nitrogen and oxygen atoms in total. The first-order valence-electron chi connectivity index (χ1n) is 7.35. The highest BCUT2D eigenvalue weighted by Crippen LogP contribution is 2.32. The second kappa shape index (κ2) is 6.22. The van der Waals surface area contributed by atoms with Crippen LogP contribution in [0.15, 0.2) is 12.3 Å². The van der Waals surface area contributed by atoms with Crippen molar-refractivity contribution in [3.8, 4) is 0 Å². The normalized spacial score (nSPS) is 23.4. The van der Waals surface area contributed by atoms with Crippen LogP contribution in [0.1, 0.15) is 39.5 Å². The maximum Gasteiger partial charge on any atom is 0.226 e. The van der Waals surface area contributed by atoms with Gasteiger partial charge in [0.05, 0.1) is 0 Å². The van der Waals surface area contributed by atoms with E-state index in [0.717, 1.165) is 23.6 Å². The summed E-state index contributed by atoms with van der Waals surface area (Å²) in [5.74, 6) is 3.21. The van der Waals surface area contributed by atoms with Crippen LogP contribution in [0.4, 0.5) is 11.8 Å². The van der Waals surface area contributed by atoms with Crippen molar-refractivity contribution in [1.29, 1.82) is 0 Å². The molecule has 2 rings (SSSR count). The number of rotatable bonds is 4. The van der Waals surface area contributed by atoms with E-state index in [4.69, 9.17) is 0 Å². The zero-order valence-electron chi connectivity index (χ0n) is 12.6. The van der Waals surface area contributed by atoms with Crippen LogP contribution in [-0.2, 0) is 0 Å². The van der Waals surface area contributed by atoms with Crippen LogP contribution in [0.5, 0.6) is 0 Å². The van der Waals surface area contributed by atoms with E-state index in [0.29, 0.717) is 6.04 Å². The van der Waals surface area contributed by atoms with E-state index in [1.807, 2.05) is 31.3 Å². The first-order valence-corrected chi connectivity index (χ1v) is 7.35. The summed E-state index contributed by atoms with van der Waals surface area (Å²) in [5.41, 5.74) is 0. The molecule has 0 amide bonds. The molecule has 0 aromatic carbocycles. The Hall–Kier alpha value is -1.32. The molecule has 4 heteroatoms. The minimum absolute atomic E-state index is 0.554. The molecule has 1 saturated carbocycles. The average Bonchev–Trinajstić information content (AvgIpc) is 2.39. The van der Waals surface area contributed by atoms with Gasteiger partial charge in [-0.2, -0.15) is 4.98 Å². The molecule has 1 aliphatic rings. The largest absolute Gasteiger partial charge is 0.367 e. The summed E-state index contributed by atoms with van der Waals surface area (Å²) < 4.78 is 0. The maximum atomic E-state index is 4.56. The van der Waals surface area contributed by atoms with Gasteiger partial charge in [-0.15, -0.1) is 0 Å². The Bertz CT molecular complexity index is 403. The SMILES string of the molecule is CC(C)C1CCCCC1Nc1ccnc(N(C)C)n1. The third-order valence-electron chi connectivity index (χ3n) is 4.05. The van der Waals surface area contributed by atoms with Crippen LogP contribution in [0.25, 0.3) is 0 Å². The van der Waals surface area contributed by atoms with Gasteiger partial charge in [-0.3, -0.25) is 0 Å². The molecule has 0 bridgehead atoms. The Balaban J connectivity index is 2.08. The molecule has 1 heterocycles. The molecule has 1 aliphatic carbocycles. The van der Waals surface area contributed by atoms with E-state index < -0.39 is 0 Å². The number of nitrogens with one attached hydrogen (secondary N) is 1. The lowest BCUT2D eigenvalue weighted by molar-refractivity contribution is 0.253. The minimum Gasteiger partial charge on any atom is -0.367 e. The molecule has 19 heavy (non-hydrogen) atoms. The number of hydrogen-bond acceptors (Lipinski definition) is 4. The number of aromatic nitrogens is 2. The highest BCUT2D eigenvalue weighted by molar-refractivity contribution is 5.41. The zero-order chi connectivity index (χ0) is 13.8. The topological polar surface area (TPSA) is 41.1 Å². The van der Waals surface area contributed by atoms with Crippen LogP contribution in [-0.4, -0.2) is 30.1 Å². The standard InChI is InChI=1S/C15H26N4/c1-11(2)12-7-5-6-8-13(12)17-14-9-10-16-15(18-14)19(3)4/h9-13H,5-8H2,1-4H3,(H,16,17,18). The molecule has 2 atom stereocenters. The average molecular weight is 262 g/mol. The Morgan fingerprint density at radius 1 is 1.26 bits per heavy atom. The maximum absolute atomic E-state index is 4.56. The highest BCUT2D eigenvalue weighted by atomic mass is 15.2. The summed E-state index contributed by atoms with van der Waals surface area (Å²) in [6.45, 7) is 4.66.